The lowest BCUT2D eigenvalue weighted by molar-refractivity contribution is -0.145. The Balaban J connectivity index is 1.73. The summed E-state index contributed by atoms with van der Waals surface area (Å²) in [6.45, 7) is 0.0510. The van der Waals surface area contributed by atoms with Crippen molar-refractivity contribution in [2.75, 3.05) is 14.2 Å². The smallest absolute Gasteiger partial charge is 0.408 e. The van der Waals surface area contributed by atoms with Gasteiger partial charge in [0, 0.05) is 12.8 Å². The molecule has 37 heavy (non-hydrogen) atoms. The number of halogens is 1. The van der Waals surface area contributed by atoms with Crippen LogP contribution in [0.3, 0.4) is 0 Å². The van der Waals surface area contributed by atoms with Crippen molar-refractivity contribution in [2.24, 2.45) is 0 Å². The quantitative estimate of drug-likeness (QED) is 0.366. The van der Waals surface area contributed by atoms with E-state index in [2.05, 4.69) is 10.6 Å². The summed E-state index contributed by atoms with van der Waals surface area (Å²) >= 11 is 6.21. The second kappa shape index (κ2) is 13.9. The van der Waals surface area contributed by atoms with Gasteiger partial charge in [0.1, 0.15) is 24.4 Å². The fourth-order valence-corrected chi connectivity index (χ4v) is 3.93. The van der Waals surface area contributed by atoms with Crippen molar-refractivity contribution < 1.29 is 28.6 Å². The SMILES string of the molecule is COC(=O)[C@H](Cc1ccc(OC)c(Cl)c1)NC(=O)[C@@H](Cc1ccccc1)NC(=O)OCc1ccccc1. The van der Waals surface area contributed by atoms with Crippen LogP contribution >= 0.6 is 11.6 Å². The van der Waals surface area contributed by atoms with E-state index in [4.69, 9.17) is 25.8 Å². The van der Waals surface area contributed by atoms with Gasteiger partial charge in [-0.3, -0.25) is 4.79 Å². The molecule has 3 rings (SSSR count). The molecule has 0 spiro atoms. The molecule has 0 saturated carbocycles. The maximum Gasteiger partial charge on any atom is 0.408 e. The standard InChI is InChI=1S/C28H29ClN2O6/c1-35-25-14-13-21(15-22(25)29)17-24(27(33)36-2)30-26(32)23(16-19-9-5-3-6-10-19)31-28(34)37-18-20-11-7-4-8-12-20/h3-15,23-24H,16-18H2,1-2H3,(H,30,32)(H,31,34)/t23-,24+/m1/s1. The van der Waals surface area contributed by atoms with Gasteiger partial charge in [0.2, 0.25) is 5.91 Å². The fourth-order valence-electron chi connectivity index (χ4n) is 3.65. The van der Waals surface area contributed by atoms with Gasteiger partial charge >= 0.3 is 12.1 Å². The van der Waals surface area contributed by atoms with Crippen molar-refractivity contribution in [2.45, 2.75) is 31.5 Å². The molecule has 194 valence electrons. The largest absolute Gasteiger partial charge is 0.495 e. The Hall–Kier alpha value is -4.04. The molecule has 0 aliphatic rings. The Kier molecular flexibility index (Phi) is 10.3. The molecule has 0 bridgehead atoms. The van der Waals surface area contributed by atoms with Gasteiger partial charge in [-0.15, -0.1) is 0 Å². The second-order valence-corrected chi connectivity index (χ2v) is 8.61. The van der Waals surface area contributed by atoms with E-state index in [-0.39, 0.29) is 19.4 Å². The third-order valence-electron chi connectivity index (χ3n) is 5.56. The normalized spacial score (nSPS) is 12.1. The Morgan fingerprint density at radius 2 is 1.41 bits per heavy atom. The van der Waals surface area contributed by atoms with Crippen LogP contribution < -0.4 is 15.4 Å². The lowest BCUT2D eigenvalue weighted by atomic mass is 10.0. The molecule has 9 heteroatoms. The Morgan fingerprint density at radius 1 is 0.784 bits per heavy atom. The van der Waals surface area contributed by atoms with Crippen molar-refractivity contribution in [3.8, 4) is 5.75 Å². The summed E-state index contributed by atoms with van der Waals surface area (Å²) in [5, 5.41) is 5.70. The minimum Gasteiger partial charge on any atom is -0.495 e. The average molecular weight is 525 g/mol. The number of ether oxygens (including phenoxy) is 3. The number of hydrogen-bond donors (Lipinski definition) is 2. The zero-order valence-corrected chi connectivity index (χ0v) is 21.4. The number of nitrogens with one attached hydrogen (secondary N) is 2. The monoisotopic (exact) mass is 524 g/mol. The maximum atomic E-state index is 13.3. The molecule has 0 saturated heterocycles. The average Bonchev–Trinajstić information content (AvgIpc) is 2.92. The lowest BCUT2D eigenvalue weighted by Gasteiger charge is -2.22. The number of hydrogen-bond acceptors (Lipinski definition) is 6. The number of carbonyl (C=O) groups excluding carboxylic acids is 3. The molecule has 0 aliphatic heterocycles. The molecular formula is C28H29ClN2O6. The minimum atomic E-state index is -1.01. The number of esters is 1. The topological polar surface area (TPSA) is 103 Å². The zero-order chi connectivity index (χ0) is 26.6. The zero-order valence-electron chi connectivity index (χ0n) is 20.6. The van der Waals surface area contributed by atoms with Crippen LogP contribution in [0.15, 0.2) is 78.9 Å². The highest BCUT2D eigenvalue weighted by atomic mass is 35.5. The van der Waals surface area contributed by atoms with Gasteiger partial charge in [-0.2, -0.15) is 0 Å². The summed E-state index contributed by atoms with van der Waals surface area (Å²) in [7, 11) is 2.74. The number of rotatable bonds is 11. The van der Waals surface area contributed by atoms with Gasteiger partial charge in [0.25, 0.3) is 0 Å². The van der Waals surface area contributed by atoms with Crippen LogP contribution in [0.5, 0.6) is 5.75 Å². The second-order valence-electron chi connectivity index (χ2n) is 8.21. The summed E-state index contributed by atoms with van der Waals surface area (Å²) in [5.74, 6) is -0.703. The van der Waals surface area contributed by atoms with Crippen LogP contribution in [0.2, 0.25) is 5.02 Å². The van der Waals surface area contributed by atoms with Gasteiger partial charge < -0.3 is 24.8 Å². The van der Waals surface area contributed by atoms with Gasteiger partial charge in [-0.05, 0) is 28.8 Å². The summed E-state index contributed by atoms with van der Waals surface area (Å²) < 4.78 is 15.4. The molecule has 3 aromatic carbocycles. The first-order valence-corrected chi connectivity index (χ1v) is 12.0. The Morgan fingerprint density at radius 3 is 2.00 bits per heavy atom. The summed E-state index contributed by atoms with van der Waals surface area (Å²) in [4.78, 5) is 38.4. The highest BCUT2D eigenvalue weighted by Crippen LogP contribution is 2.25. The first-order valence-electron chi connectivity index (χ1n) is 11.6. The van der Waals surface area contributed by atoms with E-state index in [9.17, 15) is 14.4 Å². The van der Waals surface area contributed by atoms with Crippen molar-refractivity contribution in [1.29, 1.82) is 0 Å². The predicted octanol–water partition coefficient (Wildman–Crippen LogP) is 4.09. The Bertz CT molecular complexity index is 1190. The van der Waals surface area contributed by atoms with Crippen molar-refractivity contribution in [3.05, 3.63) is 101 Å². The van der Waals surface area contributed by atoms with E-state index in [1.165, 1.54) is 14.2 Å². The number of amides is 2. The third-order valence-corrected chi connectivity index (χ3v) is 5.86. The van der Waals surface area contributed by atoms with E-state index < -0.39 is 30.1 Å². The highest BCUT2D eigenvalue weighted by Gasteiger charge is 2.28. The molecule has 0 heterocycles. The number of alkyl carbamates (subject to hydrolysis) is 1. The third kappa shape index (κ3) is 8.54. The summed E-state index contributed by atoms with van der Waals surface area (Å²) in [6.07, 6.45) is -0.440. The van der Waals surface area contributed by atoms with E-state index in [1.54, 1.807) is 18.2 Å². The molecule has 2 amide bonds. The minimum absolute atomic E-state index is 0.0510. The number of methoxy groups -OCH3 is 2. The molecular weight excluding hydrogens is 496 g/mol. The van der Waals surface area contributed by atoms with Crippen LogP contribution in [-0.4, -0.2) is 44.3 Å². The van der Waals surface area contributed by atoms with Gasteiger partial charge in [-0.25, -0.2) is 9.59 Å². The van der Waals surface area contributed by atoms with Gasteiger partial charge in [0.05, 0.1) is 19.2 Å². The van der Waals surface area contributed by atoms with E-state index >= 15 is 0 Å². The molecule has 0 aromatic heterocycles. The van der Waals surface area contributed by atoms with E-state index in [0.717, 1.165) is 11.1 Å². The molecule has 0 fully saturated rings. The first-order chi connectivity index (χ1) is 17.9. The number of carbonyl (C=O) groups is 3. The van der Waals surface area contributed by atoms with Crippen LogP contribution in [-0.2, 0) is 38.5 Å². The van der Waals surface area contributed by atoms with Crippen molar-refractivity contribution in [3.63, 3.8) is 0 Å². The molecule has 3 aromatic rings. The molecule has 8 nitrogen and oxygen atoms in total. The Labute approximate surface area is 220 Å². The molecule has 0 aliphatic carbocycles. The van der Waals surface area contributed by atoms with Crippen LogP contribution in [0, 0.1) is 0 Å². The fraction of sp³-hybridized carbons (Fsp3) is 0.250. The maximum absolute atomic E-state index is 13.3. The predicted molar refractivity (Wildman–Crippen MR) is 139 cm³/mol. The van der Waals surface area contributed by atoms with Crippen molar-refractivity contribution in [1.82, 2.24) is 10.6 Å². The number of benzene rings is 3. The van der Waals surface area contributed by atoms with Crippen LogP contribution in [0.25, 0.3) is 0 Å². The highest BCUT2D eigenvalue weighted by molar-refractivity contribution is 6.32. The molecule has 0 radical (unpaired) electrons. The summed E-state index contributed by atoms with van der Waals surface area (Å²) in [5.41, 5.74) is 2.32. The van der Waals surface area contributed by atoms with Gasteiger partial charge in [0.15, 0.2) is 0 Å². The lowest BCUT2D eigenvalue weighted by Crippen LogP contribution is -2.53. The van der Waals surface area contributed by atoms with E-state index in [0.29, 0.717) is 16.3 Å². The van der Waals surface area contributed by atoms with Crippen LogP contribution in [0.4, 0.5) is 4.79 Å². The molecule has 2 atom stereocenters. The van der Waals surface area contributed by atoms with Gasteiger partial charge in [-0.1, -0.05) is 78.3 Å². The van der Waals surface area contributed by atoms with Crippen molar-refractivity contribution >= 4 is 29.6 Å². The molecule has 0 unspecified atom stereocenters. The van der Waals surface area contributed by atoms with E-state index in [1.807, 2.05) is 60.7 Å². The first kappa shape index (κ1) is 27.5. The molecule has 2 N–H and O–H groups in total. The summed E-state index contributed by atoms with van der Waals surface area (Å²) in [6, 6.07) is 21.5. The van der Waals surface area contributed by atoms with Crippen LogP contribution in [0.1, 0.15) is 16.7 Å².